The summed E-state index contributed by atoms with van der Waals surface area (Å²) in [4.78, 5) is 14.8. The van der Waals surface area contributed by atoms with Crippen LogP contribution in [0.4, 0.5) is 0 Å². The Morgan fingerprint density at radius 3 is 2.74 bits per heavy atom. The first-order chi connectivity index (χ1) is 13.1. The quantitative estimate of drug-likeness (QED) is 0.764. The summed E-state index contributed by atoms with van der Waals surface area (Å²) >= 11 is 0. The van der Waals surface area contributed by atoms with Crippen LogP contribution in [0.5, 0.6) is 5.75 Å². The molecule has 5 nitrogen and oxygen atoms in total. The van der Waals surface area contributed by atoms with E-state index in [1.54, 1.807) is 0 Å². The summed E-state index contributed by atoms with van der Waals surface area (Å²) in [6.07, 6.45) is 0. The third-order valence-corrected chi connectivity index (χ3v) is 4.67. The van der Waals surface area contributed by atoms with E-state index in [-0.39, 0.29) is 5.91 Å². The normalized spacial score (nSPS) is 14.7. The number of morpholine rings is 1. The van der Waals surface area contributed by atoms with E-state index in [4.69, 9.17) is 9.47 Å². The van der Waals surface area contributed by atoms with Crippen molar-refractivity contribution in [2.45, 2.75) is 20.4 Å². The number of hydrogen-bond donors (Lipinski definition) is 1. The lowest BCUT2D eigenvalue weighted by Crippen LogP contribution is -2.35. The zero-order valence-electron chi connectivity index (χ0n) is 16.2. The molecule has 1 fully saturated rings. The number of nitrogens with one attached hydrogen (secondary N) is 1. The molecule has 0 spiro atoms. The molecule has 1 saturated heterocycles. The van der Waals surface area contributed by atoms with Crippen molar-refractivity contribution in [3.05, 3.63) is 64.7 Å². The van der Waals surface area contributed by atoms with Gasteiger partial charge in [0.2, 0.25) is 0 Å². The Morgan fingerprint density at radius 1 is 1.15 bits per heavy atom. The molecule has 1 aliphatic heterocycles. The van der Waals surface area contributed by atoms with Crippen LogP contribution in [0.3, 0.4) is 0 Å². The SMILES string of the molecule is Cc1ccc(OCCNC(=O)c2cccc(CN3CCOCC3)c2)c(C)c1. The summed E-state index contributed by atoms with van der Waals surface area (Å²) in [6.45, 7) is 9.29. The Labute approximate surface area is 161 Å². The summed E-state index contributed by atoms with van der Waals surface area (Å²) in [6, 6.07) is 13.9. The molecular weight excluding hydrogens is 340 g/mol. The Kier molecular flexibility index (Phi) is 6.85. The summed E-state index contributed by atoms with van der Waals surface area (Å²) in [5, 5.41) is 2.93. The fourth-order valence-corrected chi connectivity index (χ4v) is 3.22. The van der Waals surface area contributed by atoms with Crippen LogP contribution in [0.1, 0.15) is 27.0 Å². The van der Waals surface area contributed by atoms with Crippen molar-refractivity contribution >= 4 is 5.91 Å². The molecule has 0 unspecified atom stereocenters. The van der Waals surface area contributed by atoms with Crippen LogP contribution in [0.2, 0.25) is 0 Å². The van der Waals surface area contributed by atoms with E-state index in [1.807, 2.05) is 37.3 Å². The smallest absolute Gasteiger partial charge is 0.251 e. The van der Waals surface area contributed by atoms with Gasteiger partial charge in [-0.25, -0.2) is 0 Å². The largest absolute Gasteiger partial charge is 0.491 e. The molecule has 1 amide bonds. The maximum absolute atomic E-state index is 12.4. The maximum Gasteiger partial charge on any atom is 0.251 e. The van der Waals surface area contributed by atoms with E-state index in [1.165, 1.54) is 5.56 Å². The van der Waals surface area contributed by atoms with Gasteiger partial charge in [0.05, 0.1) is 19.8 Å². The van der Waals surface area contributed by atoms with E-state index in [2.05, 4.69) is 29.3 Å². The number of hydrogen-bond acceptors (Lipinski definition) is 4. The minimum Gasteiger partial charge on any atom is -0.491 e. The lowest BCUT2D eigenvalue weighted by molar-refractivity contribution is 0.0342. The molecule has 144 valence electrons. The lowest BCUT2D eigenvalue weighted by Gasteiger charge is -2.26. The second kappa shape index (κ2) is 9.53. The van der Waals surface area contributed by atoms with E-state index in [0.717, 1.165) is 49.7 Å². The van der Waals surface area contributed by atoms with Crippen molar-refractivity contribution in [2.75, 3.05) is 39.5 Å². The molecule has 0 radical (unpaired) electrons. The summed E-state index contributed by atoms with van der Waals surface area (Å²) < 4.78 is 11.2. The molecule has 2 aromatic rings. The Morgan fingerprint density at radius 2 is 1.96 bits per heavy atom. The first-order valence-electron chi connectivity index (χ1n) is 9.49. The highest BCUT2D eigenvalue weighted by Crippen LogP contribution is 2.18. The zero-order valence-corrected chi connectivity index (χ0v) is 16.2. The van der Waals surface area contributed by atoms with E-state index >= 15 is 0 Å². The average molecular weight is 368 g/mol. The number of aryl methyl sites for hydroxylation is 2. The van der Waals surface area contributed by atoms with Crippen LogP contribution < -0.4 is 10.1 Å². The number of amides is 1. The van der Waals surface area contributed by atoms with Gasteiger partial charge in [-0.05, 0) is 43.2 Å². The molecule has 0 aromatic heterocycles. The van der Waals surface area contributed by atoms with E-state index < -0.39 is 0 Å². The summed E-state index contributed by atoms with van der Waals surface area (Å²) in [7, 11) is 0. The van der Waals surface area contributed by atoms with E-state index in [0.29, 0.717) is 18.7 Å². The number of rotatable bonds is 7. The number of nitrogens with zero attached hydrogens (tertiary/aromatic N) is 1. The standard InChI is InChI=1S/C22H28N2O3/c1-17-6-7-21(18(2)14-17)27-11-8-23-22(25)20-5-3-4-19(15-20)16-24-9-12-26-13-10-24/h3-7,14-15H,8-13,16H2,1-2H3,(H,23,25). The predicted octanol–water partition coefficient (Wildman–Crippen LogP) is 2.94. The highest BCUT2D eigenvalue weighted by molar-refractivity contribution is 5.94. The van der Waals surface area contributed by atoms with Gasteiger partial charge < -0.3 is 14.8 Å². The maximum atomic E-state index is 12.4. The number of ether oxygens (including phenoxy) is 2. The monoisotopic (exact) mass is 368 g/mol. The fraction of sp³-hybridized carbons (Fsp3) is 0.409. The first-order valence-corrected chi connectivity index (χ1v) is 9.49. The molecule has 3 rings (SSSR count). The van der Waals surface area contributed by atoms with Crippen LogP contribution in [0.15, 0.2) is 42.5 Å². The Bertz CT molecular complexity index is 770. The molecular formula is C22H28N2O3. The summed E-state index contributed by atoms with van der Waals surface area (Å²) in [5.41, 5.74) is 4.16. The van der Waals surface area contributed by atoms with Crippen LogP contribution in [-0.2, 0) is 11.3 Å². The minimum atomic E-state index is -0.0666. The van der Waals surface area contributed by atoms with E-state index in [9.17, 15) is 4.79 Å². The predicted molar refractivity (Wildman–Crippen MR) is 106 cm³/mol. The molecule has 0 saturated carbocycles. The van der Waals surface area contributed by atoms with Crippen molar-refractivity contribution in [3.8, 4) is 5.75 Å². The van der Waals surface area contributed by atoms with Crippen LogP contribution in [0.25, 0.3) is 0 Å². The van der Waals surface area contributed by atoms with Gasteiger partial charge in [0.25, 0.3) is 5.91 Å². The lowest BCUT2D eigenvalue weighted by atomic mass is 10.1. The van der Waals surface area contributed by atoms with Gasteiger partial charge in [-0.3, -0.25) is 9.69 Å². The van der Waals surface area contributed by atoms with Crippen LogP contribution >= 0.6 is 0 Å². The van der Waals surface area contributed by atoms with Gasteiger partial charge in [0, 0.05) is 25.2 Å². The van der Waals surface area contributed by atoms with Gasteiger partial charge in [-0.15, -0.1) is 0 Å². The third kappa shape index (κ3) is 5.81. The highest BCUT2D eigenvalue weighted by Gasteiger charge is 2.12. The van der Waals surface area contributed by atoms with Crippen molar-refractivity contribution < 1.29 is 14.3 Å². The van der Waals surface area contributed by atoms with Crippen molar-refractivity contribution in [1.82, 2.24) is 10.2 Å². The molecule has 27 heavy (non-hydrogen) atoms. The summed E-state index contributed by atoms with van der Waals surface area (Å²) in [5.74, 6) is 0.797. The molecule has 1 heterocycles. The Hall–Kier alpha value is -2.37. The van der Waals surface area contributed by atoms with Gasteiger partial charge in [0.15, 0.2) is 0 Å². The average Bonchev–Trinajstić information content (AvgIpc) is 2.67. The van der Waals surface area contributed by atoms with Crippen molar-refractivity contribution in [1.29, 1.82) is 0 Å². The molecule has 5 heteroatoms. The zero-order chi connectivity index (χ0) is 19.1. The number of benzene rings is 2. The van der Waals surface area contributed by atoms with Crippen LogP contribution in [0, 0.1) is 13.8 Å². The second-order valence-electron chi connectivity index (χ2n) is 6.96. The number of carbonyl (C=O) groups excluding carboxylic acids is 1. The molecule has 0 aliphatic carbocycles. The van der Waals surface area contributed by atoms with Gasteiger partial charge in [0.1, 0.15) is 12.4 Å². The second-order valence-corrected chi connectivity index (χ2v) is 6.96. The molecule has 0 atom stereocenters. The fourth-order valence-electron chi connectivity index (χ4n) is 3.22. The molecule has 2 aromatic carbocycles. The molecule has 1 N–H and O–H groups in total. The Balaban J connectivity index is 1.46. The van der Waals surface area contributed by atoms with Gasteiger partial charge >= 0.3 is 0 Å². The molecule has 1 aliphatic rings. The van der Waals surface area contributed by atoms with Crippen LogP contribution in [-0.4, -0.2) is 50.3 Å². The van der Waals surface area contributed by atoms with Gasteiger partial charge in [-0.2, -0.15) is 0 Å². The third-order valence-electron chi connectivity index (χ3n) is 4.67. The highest BCUT2D eigenvalue weighted by atomic mass is 16.5. The first kappa shape index (κ1) is 19.4. The minimum absolute atomic E-state index is 0.0666. The molecule has 0 bridgehead atoms. The van der Waals surface area contributed by atoms with Gasteiger partial charge in [-0.1, -0.05) is 29.8 Å². The number of carbonyl (C=O) groups is 1. The van der Waals surface area contributed by atoms with Crippen molar-refractivity contribution in [3.63, 3.8) is 0 Å². The van der Waals surface area contributed by atoms with Crippen molar-refractivity contribution in [2.24, 2.45) is 0 Å². The topological polar surface area (TPSA) is 50.8 Å².